The van der Waals surface area contributed by atoms with Crippen LogP contribution >= 0.6 is 0 Å². The number of hydrogen-bond donors (Lipinski definition) is 1. The number of methoxy groups -OCH3 is 1. The van der Waals surface area contributed by atoms with Crippen LogP contribution in [-0.2, 0) is 4.79 Å². The smallest absolute Gasteiger partial charge is 0.266 e. The molecule has 134 valence electrons. The van der Waals surface area contributed by atoms with Crippen LogP contribution in [0.25, 0.3) is 6.08 Å². The van der Waals surface area contributed by atoms with E-state index in [1.54, 1.807) is 24.3 Å². The summed E-state index contributed by atoms with van der Waals surface area (Å²) in [6.45, 7) is 2.23. The van der Waals surface area contributed by atoms with Crippen LogP contribution in [0.4, 0.5) is 14.5 Å². The van der Waals surface area contributed by atoms with Crippen molar-refractivity contribution < 1.29 is 23.0 Å². The zero-order valence-electron chi connectivity index (χ0n) is 14.2. The van der Waals surface area contributed by atoms with E-state index in [9.17, 15) is 18.8 Å². The van der Waals surface area contributed by atoms with Crippen LogP contribution in [0.5, 0.6) is 11.5 Å². The van der Waals surface area contributed by atoms with Gasteiger partial charge in [0.15, 0.2) is 11.5 Å². The van der Waals surface area contributed by atoms with Gasteiger partial charge in [-0.3, -0.25) is 4.79 Å². The van der Waals surface area contributed by atoms with Crippen LogP contribution < -0.4 is 14.8 Å². The highest BCUT2D eigenvalue weighted by molar-refractivity contribution is 6.09. The molecule has 2 rings (SSSR count). The van der Waals surface area contributed by atoms with Gasteiger partial charge in [0.2, 0.25) is 0 Å². The van der Waals surface area contributed by atoms with Gasteiger partial charge in [0.25, 0.3) is 5.91 Å². The Kier molecular flexibility index (Phi) is 6.28. The van der Waals surface area contributed by atoms with Gasteiger partial charge >= 0.3 is 0 Å². The first kappa shape index (κ1) is 18.9. The van der Waals surface area contributed by atoms with Crippen molar-refractivity contribution in [3.8, 4) is 17.6 Å². The summed E-state index contributed by atoms with van der Waals surface area (Å²) in [7, 11) is 1.44. The summed E-state index contributed by atoms with van der Waals surface area (Å²) in [5, 5.41) is 11.5. The van der Waals surface area contributed by atoms with E-state index in [4.69, 9.17) is 9.47 Å². The van der Waals surface area contributed by atoms with Gasteiger partial charge in [-0.25, -0.2) is 8.78 Å². The predicted octanol–water partition coefficient (Wildman–Crippen LogP) is 3.92. The van der Waals surface area contributed by atoms with Gasteiger partial charge in [-0.15, -0.1) is 0 Å². The van der Waals surface area contributed by atoms with Gasteiger partial charge in [-0.1, -0.05) is 12.1 Å². The number of para-hydroxylation sites is 1. The Labute approximate surface area is 149 Å². The summed E-state index contributed by atoms with van der Waals surface area (Å²) in [4.78, 5) is 12.3. The first-order valence-electron chi connectivity index (χ1n) is 7.68. The molecule has 0 aliphatic carbocycles. The lowest BCUT2D eigenvalue weighted by molar-refractivity contribution is -0.112. The summed E-state index contributed by atoms with van der Waals surface area (Å²) >= 11 is 0. The molecule has 0 aromatic heterocycles. The highest BCUT2D eigenvalue weighted by atomic mass is 19.1. The first-order chi connectivity index (χ1) is 12.5. The number of carbonyl (C=O) groups is 1. The first-order valence-corrected chi connectivity index (χ1v) is 7.68. The molecule has 0 aliphatic rings. The lowest BCUT2D eigenvalue weighted by Crippen LogP contribution is -2.14. The Morgan fingerprint density at radius 1 is 1.31 bits per heavy atom. The molecule has 1 N–H and O–H groups in total. The Morgan fingerprint density at radius 3 is 2.69 bits per heavy atom. The van der Waals surface area contributed by atoms with Crippen molar-refractivity contribution in [1.29, 1.82) is 5.26 Å². The number of carbonyl (C=O) groups excluding carboxylic acids is 1. The van der Waals surface area contributed by atoms with E-state index in [0.29, 0.717) is 29.7 Å². The molecule has 0 unspecified atom stereocenters. The molecule has 0 atom stereocenters. The zero-order chi connectivity index (χ0) is 19.1. The van der Waals surface area contributed by atoms with Crippen molar-refractivity contribution in [3.63, 3.8) is 0 Å². The summed E-state index contributed by atoms with van der Waals surface area (Å²) in [6, 6.07) is 9.50. The molecule has 0 spiro atoms. The van der Waals surface area contributed by atoms with Crippen molar-refractivity contribution in [3.05, 3.63) is 59.2 Å². The van der Waals surface area contributed by atoms with Crippen LogP contribution in [0.2, 0.25) is 0 Å². The molecule has 2 aromatic carbocycles. The summed E-state index contributed by atoms with van der Waals surface area (Å²) < 4.78 is 37.3. The Morgan fingerprint density at radius 2 is 2.08 bits per heavy atom. The van der Waals surface area contributed by atoms with Crippen LogP contribution in [-0.4, -0.2) is 19.6 Å². The highest BCUT2D eigenvalue weighted by Crippen LogP contribution is 2.32. The standard InChI is InChI=1S/C19H16F2N2O3/c1-3-26-17-6-4-5-12(18(17)25-2)9-13(11-22)19(24)23-16-8-7-14(20)10-15(16)21/h4-10H,3H2,1-2H3,(H,23,24)/b13-9+. The lowest BCUT2D eigenvalue weighted by atomic mass is 10.1. The Balaban J connectivity index is 2.34. The van der Waals surface area contributed by atoms with Crippen LogP contribution in [0.1, 0.15) is 12.5 Å². The number of hydrogen-bond acceptors (Lipinski definition) is 4. The number of nitriles is 1. The van der Waals surface area contributed by atoms with E-state index < -0.39 is 17.5 Å². The molecular weight excluding hydrogens is 342 g/mol. The maximum atomic E-state index is 13.7. The quantitative estimate of drug-likeness (QED) is 0.628. The second-order valence-corrected chi connectivity index (χ2v) is 5.06. The van der Waals surface area contributed by atoms with Gasteiger partial charge in [-0.05, 0) is 31.2 Å². The third kappa shape index (κ3) is 4.36. The minimum atomic E-state index is -0.938. The number of rotatable bonds is 6. The fourth-order valence-corrected chi connectivity index (χ4v) is 2.22. The zero-order valence-corrected chi connectivity index (χ0v) is 14.2. The SMILES string of the molecule is CCOc1cccc(/C=C(\C#N)C(=O)Nc2ccc(F)cc2F)c1OC. The monoisotopic (exact) mass is 358 g/mol. The summed E-state index contributed by atoms with van der Waals surface area (Å²) in [6.07, 6.45) is 1.30. The summed E-state index contributed by atoms with van der Waals surface area (Å²) in [5.74, 6) is -1.71. The lowest BCUT2D eigenvalue weighted by Gasteiger charge is -2.12. The maximum Gasteiger partial charge on any atom is 0.266 e. The van der Waals surface area contributed by atoms with E-state index in [1.165, 1.54) is 13.2 Å². The molecule has 0 saturated heterocycles. The second-order valence-electron chi connectivity index (χ2n) is 5.06. The second kappa shape index (κ2) is 8.62. The minimum Gasteiger partial charge on any atom is -0.492 e. The maximum absolute atomic E-state index is 13.7. The van der Waals surface area contributed by atoms with Gasteiger partial charge in [-0.2, -0.15) is 5.26 Å². The molecule has 5 nitrogen and oxygen atoms in total. The van der Waals surface area contributed by atoms with Crippen molar-refractivity contribution in [1.82, 2.24) is 0 Å². The molecule has 0 bridgehead atoms. The van der Waals surface area contributed by atoms with E-state index in [1.807, 2.05) is 6.92 Å². The topological polar surface area (TPSA) is 71.3 Å². The van der Waals surface area contributed by atoms with E-state index in [-0.39, 0.29) is 11.3 Å². The van der Waals surface area contributed by atoms with Crippen molar-refractivity contribution >= 4 is 17.7 Å². The van der Waals surface area contributed by atoms with Crippen LogP contribution in [0.15, 0.2) is 42.0 Å². The molecule has 0 heterocycles. The molecule has 0 saturated carbocycles. The van der Waals surface area contributed by atoms with Crippen molar-refractivity contribution in [2.24, 2.45) is 0 Å². The third-order valence-corrected chi connectivity index (χ3v) is 3.36. The predicted molar refractivity (Wildman–Crippen MR) is 92.7 cm³/mol. The number of halogens is 2. The van der Waals surface area contributed by atoms with E-state index in [0.717, 1.165) is 12.1 Å². The fourth-order valence-electron chi connectivity index (χ4n) is 2.22. The third-order valence-electron chi connectivity index (χ3n) is 3.36. The van der Waals surface area contributed by atoms with Crippen molar-refractivity contribution in [2.75, 3.05) is 19.0 Å². The average molecular weight is 358 g/mol. The van der Waals surface area contributed by atoms with Gasteiger partial charge < -0.3 is 14.8 Å². The fraction of sp³-hybridized carbons (Fsp3) is 0.158. The minimum absolute atomic E-state index is 0.229. The molecule has 0 fully saturated rings. The number of nitrogens with one attached hydrogen (secondary N) is 1. The number of amides is 1. The van der Waals surface area contributed by atoms with E-state index in [2.05, 4.69) is 5.32 Å². The Hall–Kier alpha value is -3.40. The van der Waals surface area contributed by atoms with Gasteiger partial charge in [0, 0.05) is 11.6 Å². The summed E-state index contributed by atoms with van der Waals surface area (Å²) in [5.41, 5.74) is -0.0574. The molecule has 7 heteroatoms. The molecule has 1 amide bonds. The normalized spacial score (nSPS) is 10.8. The Bertz CT molecular complexity index is 889. The van der Waals surface area contributed by atoms with Crippen LogP contribution in [0.3, 0.4) is 0 Å². The number of anilines is 1. The van der Waals surface area contributed by atoms with Crippen molar-refractivity contribution in [2.45, 2.75) is 6.92 Å². The van der Waals surface area contributed by atoms with Gasteiger partial charge in [0.1, 0.15) is 23.3 Å². The highest BCUT2D eigenvalue weighted by Gasteiger charge is 2.15. The molecule has 2 aromatic rings. The molecular formula is C19H16F2N2O3. The average Bonchev–Trinajstić information content (AvgIpc) is 2.62. The molecule has 26 heavy (non-hydrogen) atoms. The number of benzene rings is 2. The van der Waals surface area contributed by atoms with Gasteiger partial charge in [0.05, 0.1) is 19.4 Å². The number of nitrogens with zero attached hydrogens (tertiary/aromatic N) is 1. The van der Waals surface area contributed by atoms with E-state index >= 15 is 0 Å². The molecule has 0 aliphatic heterocycles. The number of ether oxygens (including phenoxy) is 2. The molecule has 0 radical (unpaired) electrons. The van der Waals surface area contributed by atoms with Crippen LogP contribution in [0, 0.1) is 23.0 Å². The largest absolute Gasteiger partial charge is 0.492 e.